The smallest absolute Gasteiger partial charge is 0.237 e. The first-order chi connectivity index (χ1) is 8.13. The Morgan fingerprint density at radius 1 is 1.71 bits per heavy atom. The normalized spacial score (nSPS) is 11.8. The van der Waals surface area contributed by atoms with Gasteiger partial charge in [-0.2, -0.15) is 5.10 Å². The summed E-state index contributed by atoms with van der Waals surface area (Å²) in [7, 11) is 1.88. The van der Waals surface area contributed by atoms with Gasteiger partial charge in [0.2, 0.25) is 5.91 Å². The summed E-state index contributed by atoms with van der Waals surface area (Å²) < 4.78 is 1.76. The molecule has 0 aliphatic carbocycles. The molecule has 0 saturated carbocycles. The monoisotopic (exact) mass is 234 g/mol. The van der Waals surface area contributed by atoms with Gasteiger partial charge in [0, 0.05) is 19.8 Å². The Hall–Kier alpha value is -1.80. The van der Waals surface area contributed by atoms with Gasteiger partial charge in [-0.05, 0) is 18.9 Å². The SMILES string of the molecule is C#CCNC(=O)C(C)NCCc1cnn(C)c1. The number of nitrogens with one attached hydrogen (secondary N) is 2. The van der Waals surface area contributed by atoms with Crippen LogP contribution < -0.4 is 10.6 Å². The molecule has 0 aliphatic rings. The highest BCUT2D eigenvalue weighted by molar-refractivity contribution is 5.81. The topological polar surface area (TPSA) is 59.0 Å². The molecular weight excluding hydrogens is 216 g/mol. The maximum Gasteiger partial charge on any atom is 0.237 e. The minimum absolute atomic E-state index is 0.0749. The highest BCUT2D eigenvalue weighted by Crippen LogP contribution is 1.96. The fraction of sp³-hybridized carbons (Fsp3) is 0.500. The van der Waals surface area contributed by atoms with Gasteiger partial charge in [-0.25, -0.2) is 0 Å². The van der Waals surface area contributed by atoms with Crippen molar-refractivity contribution in [1.29, 1.82) is 0 Å². The summed E-state index contributed by atoms with van der Waals surface area (Å²) in [5, 5.41) is 9.84. The minimum Gasteiger partial charge on any atom is -0.344 e. The number of amides is 1. The first kappa shape index (κ1) is 13.3. The molecule has 0 fully saturated rings. The summed E-state index contributed by atoms with van der Waals surface area (Å²) in [4.78, 5) is 11.5. The second-order valence-corrected chi connectivity index (χ2v) is 3.87. The zero-order valence-electron chi connectivity index (χ0n) is 10.2. The van der Waals surface area contributed by atoms with Gasteiger partial charge in [-0.3, -0.25) is 9.48 Å². The third-order valence-corrected chi connectivity index (χ3v) is 2.38. The van der Waals surface area contributed by atoms with Crippen LogP contribution in [0.3, 0.4) is 0 Å². The van der Waals surface area contributed by atoms with E-state index in [9.17, 15) is 4.79 Å². The van der Waals surface area contributed by atoms with Crippen molar-refractivity contribution in [2.24, 2.45) is 7.05 Å². The second-order valence-electron chi connectivity index (χ2n) is 3.87. The molecule has 1 heterocycles. The van der Waals surface area contributed by atoms with E-state index in [1.54, 1.807) is 4.68 Å². The van der Waals surface area contributed by atoms with Crippen molar-refractivity contribution in [3.63, 3.8) is 0 Å². The molecule has 0 radical (unpaired) electrons. The fourth-order valence-corrected chi connectivity index (χ4v) is 1.42. The molecule has 0 spiro atoms. The summed E-state index contributed by atoms with van der Waals surface area (Å²) in [5.74, 6) is 2.29. The number of nitrogens with zero attached hydrogens (tertiary/aromatic N) is 2. The van der Waals surface area contributed by atoms with Gasteiger partial charge in [0.05, 0.1) is 18.8 Å². The second kappa shape index (κ2) is 6.71. The predicted molar refractivity (Wildman–Crippen MR) is 66.2 cm³/mol. The highest BCUT2D eigenvalue weighted by atomic mass is 16.2. The Bertz CT molecular complexity index is 405. The van der Waals surface area contributed by atoms with Crippen LogP contribution >= 0.6 is 0 Å². The van der Waals surface area contributed by atoms with Crippen molar-refractivity contribution in [2.45, 2.75) is 19.4 Å². The predicted octanol–water partition coefficient (Wildman–Crippen LogP) is -0.310. The van der Waals surface area contributed by atoms with E-state index in [1.807, 2.05) is 26.4 Å². The highest BCUT2D eigenvalue weighted by Gasteiger charge is 2.10. The molecule has 1 amide bonds. The van der Waals surface area contributed by atoms with E-state index in [0.717, 1.165) is 18.5 Å². The molecule has 5 heteroatoms. The third kappa shape index (κ3) is 4.70. The molecule has 0 aromatic carbocycles. The van der Waals surface area contributed by atoms with Crippen molar-refractivity contribution in [3.8, 4) is 12.3 Å². The molecule has 1 aromatic rings. The van der Waals surface area contributed by atoms with Crippen molar-refractivity contribution < 1.29 is 4.79 Å². The molecule has 1 rings (SSSR count). The first-order valence-electron chi connectivity index (χ1n) is 5.55. The van der Waals surface area contributed by atoms with Crippen LogP contribution in [-0.4, -0.2) is 34.8 Å². The van der Waals surface area contributed by atoms with E-state index < -0.39 is 0 Å². The zero-order chi connectivity index (χ0) is 12.7. The lowest BCUT2D eigenvalue weighted by Gasteiger charge is -2.12. The standard InChI is InChI=1S/C12H18N4O/c1-4-6-14-12(17)10(2)13-7-5-11-8-15-16(3)9-11/h1,8-10,13H,5-7H2,2-3H3,(H,14,17). The van der Waals surface area contributed by atoms with E-state index in [1.165, 1.54) is 0 Å². The van der Waals surface area contributed by atoms with Crippen molar-refractivity contribution in [3.05, 3.63) is 18.0 Å². The van der Waals surface area contributed by atoms with E-state index >= 15 is 0 Å². The zero-order valence-corrected chi connectivity index (χ0v) is 10.2. The van der Waals surface area contributed by atoms with Crippen LogP contribution in [0, 0.1) is 12.3 Å². The average molecular weight is 234 g/mol. The third-order valence-electron chi connectivity index (χ3n) is 2.38. The number of aryl methyl sites for hydroxylation is 1. The van der Waals surface area contributed by atoms with Gasteiger partial charge >= 0.3 is 0 Å². The van der Waals surface area contributed by atoms with Gasteiger partial charge in [0.25, 0.3) is 0 Å². The van der Waals surface area contributed by atoms with Crippen LogP contribution in [0.25, 0.3) is 0 Å². The molecule has 0 aliphatic heterocycles. The number of aromatic nitrogens is 2. The van der Waals surface area contributed by atoms with Gasteiger partial charge in [-0.1, -0.05) is 5.92 Å². The van der Waals surface area contributed by atoms with Crippen molar-refractivity contribution in [1.82, 2.24) is 20.4 Å². The molecule has 0 saturated heterocycles. The first-order valence-corrected chi connectivity index (χ1v) is 5.55. The molecule has 5 nitrogen and oxygen atoms in total. The lowest BCUT2D eigenvalue weighted by atomic mass is 10.2. The van der Waals surface area contributed by atoms with Gasteiger partial charge in [0.1, 0.15) is 0 Å². The molecule has 0 bridgehead atoms. The maximum atomic E-state index is 11.5. The Morgan fingerprint density at radius 2 is 2.47 bits per heavy atom. The number of hydrogen-bond acceptors (Lipinski definition) is 3. The number of carbonyl (C=O) groups excluding carboxylic acids is 1. The summed E-state index contributed by atoms with van der Waals surface area (Å²) in [6.45, 7) is 2.82. The minimum atomic E-state index is -0.236. The van der Waals surface area contributed by atoms with Crippen LogP contribution in [0.15, 0.2) is 12.4 Å². The van der Waals surface area contributed by atoms with Crippen LogP contribution in [0.2, 0.25) is 0 Å². The van der Waals surface area contributed by atoms with Crippen molar-refractivity contribution >= 4 is 5.91 Å². The van der Waals surface area contributed by atoms with Crippen LogP contribution in [0.4, 0.5) is 0 Å². The Labute approximate surface area is 102 Å². The molecule has 1 aromatic heterocycles. The lowest BCUT2D eigenvalue weighted by molar-refractivity contribution is -0.122. The number of carbonyl (C=O) groups is 1. The molecular formula is C12H18N4O. The number of terminal acetylenes is 1. The Morgan fingerprint density at radius 3 is 3.06 bits per heavy atom. The lowest BCUT2D eigenvalue weighted by Crippen LogP contribution is -2.42. The van der Waals surface area contributed by atoms with E-state index in [2.05, 4.69) is 21.7 Å². The van der Waals surface area contributed by atoms with E-state index in [4.69, 9.17) is 6.42 Å². The molecule has 2 N–H and O–H groups in total. The molecule has 1 unspecified atom stereocenters. The van der Waals surface area contributed by atoms with Gasteiger partial charge in [-0.15, -0.1) is 6.42 Å². The van der Waals surface area contributed by atoms with Gasteiger partial charge in [0.15, 0.2) is 0 Å². The van der Waals surface area contributed by atoms with Crippen LogP contribution in [0.1, 0.15) is 12.5 Å². The summed E-state index contributed by atoms with van der Waals surface area (Å²) in [6, 6.07) is -0.236. The maximum absolute atomic E-state index is 11.5. The van der Waals surface area contributed by atoms with Gasteiger partial charge < -0.3 is 10.6 Å². The van der Waals surface area contributed by atoms with E-state index in [-0.39, 0.29) is 18.5 Å². The largest absolute Gasteiger partial charge is 0.344 e. The Balaban J connectivity index is 2.22. The summed E-state index contributed by atoms with van der Waals surface area (Å²) in [6.07, 6.45) is 9.70. The van der Waals surface area contributed by atoms with Crippen molar-refractivity contribution in [2.75, 3.05) is 13.1 Å². The van der Waals surface area contributed by atoms with E-state index in [0.29, 0.717) is 0 Å². The average Bonchev–Trinajstić information content (AvgIpc) is 2.71. The number of hydrogen-bond donors (Lipinski definition) is 2. The Kier molecular flexibility index (Phi) is 5.24. The fourth-order valence-electron chi connectivity index (χ4n) is 1.42. The quantitative estimate of drug-likeness (QED) is 0.664. The van der Waals surface area contributed by atoms with Crippen LogP contribution in [-0.2, 0) is 18.3 Å². The molecule has 92 valence electrons. The van der Waals surface area contributed by atoms with Crippen LogP contribution in [0.5, 0.6) is 0 Å². The molecule has 1 atom stereocenters. The molecule has 17 heavy (non-hydrogen) atoms. The summed E-state index contributed by atoms with van der Waals surface area (Å²) >= 11 is 0. The number of rotatable bonds is 6. The summed E-state index contributed by atoms with van der Waals surface area (Å²) in [5.41, 5.74) is 1.15.